The van der Waals surface area contributed by atoms with Crippen molar-refractivity contribution >= 4 is 11.0 Å². The number of rotatable bonds is 3. The Labute approximate surface area is 131 Å². The van der Waals surface area contributed by atoms with Gasteiger partial charge in [0.05, 0.1) is 11.0 Å². The molecule has 2 heterocycles. The normalized spacial score (nSPS) is 18.6. The van der Waals surface area contributed by atoms with Gasteiger partial charge in [-0.1, -0.05) is 42.5 Å². The fourth-order valence-corrected chi connectivity index (χ4v) is 3.41. The van der Waals surface area contributed by atoms with E-state index in [-0.39, 0.29) is 0 Å². The lowest BCUT2D eigenvalue weighted by Gasteiger charge is -2.24. The van der Waals surface area contributed by atoms with Crippen LogP contribution < -0.4 is 5.32 Å². The first kappa shape index (κ1) is 13.5. The fourth-order valence-electron chi connectivity index (χ4n) is 3.41. The third-order valence-corrected chi connectivity index (χ3v) is 4.53. The molecule has 0 aliphatic carbocycles. The Balaban J connectivity index is 1.79. The molecule has 1 N–H and O–H groups in total. The standard InChI is InChI=1S/C19H21N3/c1-2-8-16(9-3-1)19-21-17-10-4-5-11-18(17)22(19)14-15-7-6-12-20-13-15/h1-5,8-11,15,20H,6-7,12-14H2. The molecule has 4 rings (SSSR count). The Morgan fingerprint density at radius 3 is 2.68 bits per heavy atom. The lowest BCUT2D eigenvalue weighted by Crippen LogP contribution is -2.32. The van der Waals surface area contributed by atoms with Crippen molar-refractivity contribution < 1.29 is 0 Å². The molecule has 1 unspecified atom stereocenters. The molecule has 1 aromatic heterocycles. The summed E-state index contributed by atoms with van der Waals surface area (Å²) in [4.78, 5) is 4.89. The summed E-state index contributed by atoms with van der Waals surface area (Å²) in [5, 5.41) is 3.52. The van der Waals surface area contributed by atoms with Crippen LogP contribution in [0.5, 0.6) is 0 Å². The SMILES string of the molecule is c1ccc(-c2nc3ccccc3n2CC2CCCNC2)cc1. The van der Waals surface area contributed by atoms with Gasteiger partial charge in [0.15, 0.2) is 0 Å². The number of fused-ring (bicyclic) bond motifs is 1. The van der Waals surface area contributed by atoms with Crippen LogP contribution in [-0.4, -0.2) is 22.6 Å². The maximum atomic E-state index is 4.89. The number of benzene rings is 2. The van der Waals surface area contributed by atoms with Gasteiger partial charge in [0.2, 0.25) is 0 Å². The van der Waals surface area contributed by atoms with Gasteiger partial charge in [-0.25, -0.2) is 4.98 Å². The van der Waals surface area contributed by atoms with Gasteiger partial charge in [0, 0.05) is 12.1 Å². The van der Waals surface area contributed by atoms with Gasteiger partial charge in [-0.15, -0.1) is 0 Å². The number of aromatic nitrogens is 2. The van der Waals surface area contributed by atoms with Crippen molar-refractivity contribution in [3.05, 3.63) is 54.6 Å². The highest BCUT2D eigenvalue weighted by atomic mass is 15.1. The van der Waals surface area contributed by atoms with Crippen LogP contribution in [0, 0.1) is 5.92 Å². The van der Waals surface area contributed by atoms with Crippen molar-refractivity contribution in [1.82, 2.24) is 14.9 Å². The number of hydrogen-bond acceptors (Lipinski definition) is 2. The molecule has 1 atom stereocenters. The molecular formula is C19H21N3. The Morgan fingerprint density at radius 2 is 1.86 bits per heavy atom. The van der Waals surface area contributed by atoms with Crippen LogP contribution in [0.3, 0.4) is 0 Å². The van der Waals surface area contributed by atoms with E-state index in [0.29, 0.717) is 5.92 Å². The van der Waals surface area contributed by atoms with Crippen molar-refractivity contribution in [1.29, 1.82) is 0 Å². The number of imidazole rings is 1. The predicted molar refractivity (Wildman–Crippen MR) is 90.8 cm³/mol. The van der Waals surface area contributed by atoms with E-state index in [2.05, 4.69) is 64.5 Å². The van der Waals surface area contributed by atoms with Crippen LogP contribution in [0.2, 0.25) is 0 Å². The fraction of sp³-hybridized carbons (Fsp3) is 0.316. The van der Waals surface area contributed by atoms with Crippen molar-refractivity contribution in [2.75, 3.05) is 13.1 Å². The van der Waals surface area contributed by atoms with Crippen LogP contribution in [0.25, 0.3) is 22.4 Å². The summed E-state index contributed by atoms with van der Waals surface area (Å²) < 4.78 is 2.41. The van der Waals surface area contributed by atoms with Gasteiger partial charge in [-0.3, -0.25) is 0 Å². The zero-order valence-electron chi connectivity index (χ0n) is 12.7. The molecular weight excluding hydrogens is 270 g/mol. The quantitative estimate of drug-likeness (QED) is 0.797. The van der Waals surface area contributed by atoms with E-state index in [1.165, 1.54) is 23.9 Å². The number of piperidine rings is 1. The molecule has 1 saturated heterocycles. The summed E-state index contributed by atoms with van der Waals surface area (Å²) in [6.45, 7) is 3.31. The van der Waals surface area contributed by atoms with Crippen molar-refractivity contribution in [2.45, 2.75) is 19.4 Å². The number of nitrogens with one attached hydrogen (secondary N) is 1. The number of para-hydroxylation sites is 2. The molecule has 2 aromatic carbocycles. The minimum atomic E-state index is 0.689. The Bertz CT molecular complexity index is 755. The molecule has 0 bridgehead atoms. The Hall–Kier alpha value is -2.13. The second-order valence-corrected chi connectivity index (χ2v) is 6.11. The van der Waals surface area contributed by atoms with Gasteiger partial charge >= 0.3 is 0 Å². The highest BCUT2D eigenvalue weighted by Gasteiger charge is 2.18. The third-order valence-electron chi connectivity index (χ3n) is 4.53. The molecule has 3 nitrogen and oxygen atoms in total. The van der Waals surface area contributed by atoms with Gasteiger partial charge in [0.25, 0.3) is 0 Å². The Kier molecular flexibility index (Phi) is 3.65. The summed E-state index contributed by atoms with van der Waals surface area (Å²) in [5.74, 6) is 1.78. The van der Waals surface area contributed by atoms with Crippen molar-refractivity contribution in [3.63, 3.8) is 0 Å². The van der Waals surface area contributed by atoms with Crippen LogP contribution in [0.1, 0.15) is 12.8 Å². The number of hydrogen-bond donors (Lipinski definition) is 1. The second kappa shape index (κ2) is 5.93. The van der Waals surface area contributed by atoms with Crippen LogP contribution in [-0.2, 0) is 6.54 Å². The maximum Gasteiger partial charge on any atom is 0.141 e. The lowest BCUT2D eigenvalue weighted by atomic mass is 9.99. The monoisotopic (exact) mass is 291 g/mol. The summed E-state index contributed by atoms with van der Waals surface area (Å²) in [7, 11) is 0. The smallest absolute Gasteiger partial charge is 0.141 e. The van der Waals surface area contributed by atoms with Gasteiger partial charge < -0.3 is 9.88 Å². The summed E-state index contributed by atoms with van der Waals surface area (Å²) in [5.41, 5.74) is 3.53. The molecule has 0 radical (unpaired) electrons. The first-order valence-corrected chi connectivity index (χ1v) is 8.13. The molecule has 22 heavy (non-hydrogen) atoms. The zero-order valence-corrected chi connectivity index (χ0v) is 12.7. The van der Waals surface area contributed by atoms with Crippen LogP contribution in [0.15, 0.2) is 54.6 Å². The topological polar surface area (TPSA) is 29.9 Å². The minimum absolute atomic E-state index is 0.689. The second-order valence-electron chi connectivity index (χ2n) is 6.11. The molecule has 1 fully saturated rings. The summed E-state index contributed by atoms with van der Waals surface area (Å²) in [6, 6.07) is 19.0. The van der Waals surface area contributed by atoms with E-state index >= 15 is 0 Å². The zero-order chi connectivity index (χ0) is 14.8. The van der Waals surface area contributed by atoms with Crippen LogP contribution >= 0.6 is 0 Å². The van der Waals surface area contributed by atoms with E-state index in [4.69, 9.17) is 4.98 Å². The van der Waals surface area contributed by atoms with Crippen LogP contribution in [0.4, 0.5) is 0 Å². The molecule has 1 aliphatic heterocycles. The first-order chi connectivity index (χ1) is 10.9. The third kappa shape index (κ3) is 2.53. The lowest BCUT2D eigenvalue weighted by molar-refractivity contribution is 0.341. The first-order valence-electron chi connectivity index (χ1n) is 8.13. The van der Waals surface area contributed by atoms with E-state index in [1.54, 1.807) is 0 Å². The largest absolute Gasteiger partial charge is 0.324 e. The van der Waals surface area contributed by atoms with E-state index in [1.807, 2.05) is 0 Å². The van der Waals surface area contributed by atoms with E-state index in [0.717, 1.165) is 31.0 Å². The van der Waals surface area contributed by atoms with E-state index in [9.17, 15) is 0 Å². The summed E-state index contributed by atoms with van der Waals surface area (Å²) in [6.07, 6.45) is 2.58. The molecule has 3 heteroatoms. The minimum Gasteiger partial charge on any atom is -0.324 e. The highest BCUT2D eigenvalue weighted by Crippen LogP contribution is 2.26. The average molecular weight is 291 g/mol. The maximum absolute atomic E-state index is 4.89. The predicted octanol–water partition coefficient (Wildman–Crippen LogP) is 3.70. The Morgan fingerprint density at radius 1 is 1.05 bits per heavy atom. The molecule has 0 amide bonds. The van der Waals surface area contributed by atoms with Gasteiger partial charge in [-0.2, -0.15) is 0 Å². The van der Waals surface area contributed by atoms with E-state index < -0.39 is 0 Å². The van der Waals surface area contributed by atoms with Gasteiger partial charge in [0.1, 0.15) is 5.82 Å². The van der Waals surface area contributed by atoms with Crippen molar-refractivity contribution in [2.24, 2.45) is 5.92 Å². The average Bonchev–Trinajstić information content (AvgIpc) is 2.95. The molecule has 0 spiro atoms. The molecule has 3 aromatic rings. The summed E-state index contributed by atoms with van der Waals surface area (Å²) >= 11 is 0. The van der Waals surface area contributed by atoms with Crippen molar-refractivity contribution in [3.8, 4) is 11.4 Å². The molecule has 0 saturated carbocycles. The molecule has 112 valence electrons. The van der Waals surface area contributed by atoms with Gasteiger partial charge in [-0.05, 0) is 44.0 Å². The highest BCUT2D eigenvalue weighted by molar-refractivity contribution is 5.80. The number of nitrogens with zero attached hydrogens (tertiary/aromatic N) is 2. The molecule has 1 aliphatic rings.